The van der Waals surface area contributed by atoms with Gasteiger partial charge in [0.25, 0.3) is 5.56 Å². The van der Waals surface area contributed by atoms with E-state index in [0.717, 1.165) is 25.3 Å². The molecule has 1 saturated heterocycles. The summed E-state index contributed by atoms with van der Waals surface area (Å²) in [5, 5.41) is 0.0261. The molecule has 0 spiro atoms. The molecule has 1 aliphatic heterocycles. The van der Waals surface area contributed by atoms with Gasteiger partial charge in [-0.3, -0.25) is 9.36 Å². The normalized spacial score (nSPS) is 21.9. The zero-order valence-corrected chi connectivity index (χ0v) is 14.0. The maximum absolute atomic E-state index is 14.6. The van der Waals surface area contributed by atoms with E-state index in [1.54, 1.807) is 0 Å². The second kappa shape index (κ2) is 5.55. The van der Waals surface area contributed by atoms with E-state index < -0.39 is 17.1 Å². The number of fused-ring (bicyclic) bond motifs is 1. The van der Waals surface area contributed by atoms with E-state index in [1.807, 2.05) is 11.8 Å². The minimum atomic E-state index is -0.732. The Morgan fingerprint density at radius 1 is 1.32 bits per heavy atom. The molecule has 1 saturated carbocycles. The molecule has 25 heavy (non-hydrogen) atoms. The lowest BCUT2D eigenvalue weighted by atomic mass is 10.0. The summed E-state index contributed by atoms with van der Waals surface area (Å²) in [4.78, 5) is 30.8. The zero-order chi connectivity index (χ0) is 17.9. The summed E-state index contributed by atoms with van der Waals surface area (Å²) >= 11 is 0. The lowest BCUT2D eigenvalue weighted by Gasteiger charge is -2.20. The van der Waals surface area contributed by atoms with Gasteiger partial charge in [-0.2, -0.15) is 4.68 Å². The lowest BCUT2D eigenvalue weighted by Crippen LogP contribution is -2.45. The quantitative estimate of drug-likeness (QED) is 0.750. The number of halogens is 1. The number of nitrogens with two attached hydrogens (primary N) is 2. The Bertz CT molecular complexity index is 962. The largest absolute Gasteiger partial charge is 0.354 e. The Morgan fingerprint density at radius 3 is 2.64 bits per heavy atom. The highest BCUT2D eigenvalue weighted by Crippen LogP contribution is 2.35. The fourth-order valence-electron chi connectivity index (χ4n) is 3.53. The number of hydrogen-bond donors (Lipinski definition) is 2. The van der Waals surface area contributed by atoms with Gasteiger partial charge in [-0.05, 0) is 38.2 Å². The van der Waals surface area contributed by atoms with Crippen molar-refractivity contribution in [1.82, 2.24) is 14.2 Å². The van der Waals surface area contributed by atoms with Crippen LogP contribution in [0.15, 0.2) is 15.7 Å². The Balaban J connectivity index is 1.89. The number of aromatic nitrogens is 3. The van der Waals surface area contributed by atoms with Crippen molar-refractivity contribution < 1.29 is 4.39 Å². The number of nitrogen functional groups attached to an aromatic ring is 1. The van der Waals surface area contributed by atoms with Gasteiger partial charge in [0.05, 0.1) is 5.39 Å². The predicted molar refractivity (Wildman–Crippen MR) is 92.6 cm³/mol. The molecule has 2 aliphatic rings. The molecular formula is C16H21FN6O2. The molecule has 2 atom stereocenters. The van der Waals surface area contributed by atoms with Crippen molar-refractivity contribution in [2.75, 3.05) is 23.8 Å². The van der Waals surface area contributed by atoms with Crippen LogP contribution in [0.5, 0.6) is 0 Å². The monoisotopic (exact) mass is 348 g/mol. The molecule has 2 aromatic rings. The van der Waals surface area contributed by atoms with Crippen LogP contribution in [0.1, 0.15) is 32.2 Å². The molecule has 3 heterocycles. The number of hydrogen-bond acceptors (Lipinski definition) is 6. The van der Waals surface area contributed by atoms with E-state index in [2.05, 4.69) is 4.98 Å². The van der Waals surface area contributed by atoms with Crippen LogP contribution in [0.4, 0.5) is 10.2 Å². The highest BCUT2D eigenvalue weighted by atomic mass is 19.1. The smallest absolute Gasteiger partial charge is 0.351 e. The van der Waals surface area contributed by atoms with Crippen molar-refractivity contribution in [3.63, 3.8) is 0 Å². The number of nitrogens with zero attached hydrogens (tertiary/aromatic N) is 4. The molecule has 134 valence electrons. The third-order valence-electron chi connectivity index (χ3n) is 5.21. The van der Waals surface area contributed by atoms with E-state index in [4.69, 9.17) is 11.6 Å². The number of anilines is 1. The van der Waals surface area contributed by atoms with Crippen LogP contribution in [0, 0.1) is 11.7 Å². The van der Waals surface area contributed by atoms with Crippen LogP contribution >= 0.6 is 0 Å². The Hall–Kier alpha value is -2.42. The minimum Gasteiger partial charge on any atom is -0.354 e. The van der Waals surface area contributed by atoms with Gasteiger partial charge in [0.2, 0.25) is 0 Å². The van der Waals surface area contributed by atoms with Gasteiger partial charge in [-0.15, -0.1) is 0 Å². The molecule has 8 nitrogen and oxygen atoms in total. The van der Waals surface area contributed by atoms with Crippen LogP contribution in [-0.4, -0.2) is 33.4 Å². The molecule has 0 unspecified atom stereocenters. The SMILES string of the molecule is C[C@@H](N)[C@H]1CCN(c2nc3c(cc2F)c(=O)n(N)c(=O)n3C2CC2)C1. The van der Waals surface area contributed by atoms with Crippen LogP contribution in [0.2, 0.25) is 0 Å². The molecule has 2 fully saturated rings. The second-order valence-corrected chi connectivity index (χ2v) is 7.08. The second-order valence-electron chi connectivity index (χ2n) is 7.08. The summed E-state index contributed by atoms with van der Waals surface area (Å²) in [6, 6.07) is 1.12. The first-order chi connectivity index (χ1) is 11.9. The average Bonchev–Trinajstić information content (AvgIpc) is 3.28. The summed E-state index contributed by atoms with van der Waals surface area (Å²) in [7, 11) is 0. The van der Waals surface area contributed by atoms with E-state index in [1.165, 1.54) is 4.57 Å². The van der Waals surface area contributed by atoms with Gasteiger partial charge in [0, 0.05) is 25.2 Å². The molecule has 4 rings (SSSR count). The third kappa shape index (κ3) is 2.50. The Morgan fingerprint density at radius 2 is 2.04 bits per heavy atom. The van der Waals surface area contributed by atoms with Gasteiger partial charge in [-0.25, -0.2) is 14.2 Å². The van der Waals surface area contributed by atoms with Crippen molar-refractivity contribution in [3.8, 4) is 0 Å². The Kier molecular flexibility index (Phi) is 3.57. The average molecular weight is 348 g/mol. The highest BCUT2D eigenvalue weighted by molar-refractivity contribution is 5.77. The molecule has 0 radical (unpaired) electrons. The van der Waals surface area contributed by atoms with Crippen molar-refractivity contribution >= 4 is 16.9 Å². The van der Waals surface area contributed by atoms with E-state index >= 15 is 0 Å². The highest BCUT2D eigenvalue weighted by Gasteiger charge is 2.32. The van der Waals surface area contributed by atoms with Crippen LogP contribution in [0.25, 0.3) is 11.0 Å². The molecule has 0 aromatic carbocycles. The number of rotatable bonds is 3. The van der Waals surface area contributed by atoms with Gasteiger partial charge in [-0.1, -0.05) is 0 Å². The van der Waals surface area contributed by atoms with Crippen LogP contribution in [0.3, 0.4) is 0 Å². The molecule has 0 bridgehead atoms. The fourth-order valence-corrected chi connectivity index (χ4v) is 3.53. The summed E-state index contributed by atoms with van der Waals surface area (Å²) in [6.45, 7) is 3.19. The first kappa shape index (κ1) is 16.1. The van der Waals surface area contributed by atoms with Crippen molar-refractivity contribution in [1.29, 1.82) is 0 Å². The van der Waals surface area contributed by atoms with E-state index in [9.17, 15) is 14.0 Å². The third-order valence-corrected chi connectivity index (χ3v) is 5.21. The molecular weight excluding hydrogens is 327 g/mol. The number of pyridine rings is 1. The molecule has 2 aromatic heterocycles. The van der Waals surface area contributed by atoms with Gasteiger partial charge in [0.15, 0.2) is 17.3 Å². The lowest BCUT2D eigenvalue weighted by molar-refractivity contribution is 0.487. The minimum absolute atomic E-state index is 0.0163. The molecule has 4 N–H and O–H groups in total. The Labute approximate surface area is 142 Å². The maximum atomic E-state index is 14.6. The van der Waals surface area contributed by atoms with E-state index in [-0.39, 0.29) is 34.9 Å². The maximum Gasteiger partial charge on any atom is 0.351 e. The first-order valence-corrected chi connectivity index (χ1v) is 8.52. The van der Waals surface area contributed by atoms with Gasteiger partial charge in [0.1, 0.15) is 0 Å². The van der Waals surface area contributed by atoms with Crippen molar-refractivity contribution in [2.24, 2.45) is 11.7 Å². The summed E-state index contributed by atoms with van der Waals surface area (Å²) in [5.41, 5.74) is 4.82. The summed E-state index contributed by atoms with van der Waals surface area (Å²) in [5.74, 6) is 5.41. The topological polar surface area (TPSA) is 112 Å². The van der Waals surface area contributed by atoms with Gasteiger partial charge >= 0.3 is 5.69 Å². The van der Waals surface area contributed by atoms with Crippen molar-refractivity contribution in [2.45, 2.75) is 38.3 Å². The fraction of sp³-hybridized carbons (Fsp3) is 0.562. The summed E-state index contributed by atoms with van der Waals surface area (Å²) < 4.78 is 16.6. The molecule has 0 amide bonds. The van der Waals surface area contributed by atoms with Crippen LogP contribution < -0.4 is 27.7 Å². The predicted octanol–water partition coefficient (Wildman–Crippen LogP) is -0.0805. The summed E-state index contributed by atoms with van der Waals surface area (Å²) in [6.07, 6.45) is 2.49. The molecule has 1 aliphatic carbocycles. The first-order valence-electron chi connectivity index (χ1n) is 8.52. The molecule has 9 heteroatoms. The van der Waals surface area contributed by atoms with Crippen LogP contribution in [-0.2, 0) is 0 Å². The van der Waals surface area contributed by atoms with Gasteiger partial charge < -0.3 is 16.5 Å². The van der Waals surface area contributed by atoms with Crippen molar-refractivity contribution in [3.05, 3.63) is 32.7 Å². The van der Waals surface area contributed by atoms with E-state index in [0.29, 0.717) is 17.8 Å². The standard InChI is InChI=1S/C16H21FN6O2/c1-8(18)9-4-5-21(7-9)14-12(17)6-11-13(20-14)22(10-2-3-10)16(25)23(19)15(11)24/h6,8-10H,2-5,7,18-19H2,1H3/t8-,9+/m1/s1. The zero-order valence-electron chi connectivity index (χ0n) is 14.0.